The lowest BCUT2D eigenvalue weighted by Gasteiger charge is -1.96. The Morgan fingerprint density at radius 1 is 1.80 bits per heavy atom. The van der Waals surface area contributed by atoms with Crippen LogP contribution in [0.3, 0.4) is 0 Å². The third-order valence-electron chi connectivity index (χ3n) is 1.95. The second-order valence-corrected chi connectivity index (χ2v) is 3.13. The fraction of sp³-hybridized carbons (Fsp3) is 0.667. The third kappa shape index (κ3) is 0.814. The van der Waals surface area contributed by atoms with Crippen molar-refractivity contribution >= 4 is 11.6 Å². The van der Waals surface area contributed by atoms with Crippen LogP contribution in [0.15, 0.2) is 6.33 Å². The van der Waals surface area contributed by atoms with Gasteiger partial charge in [-0.05, 0) is 23.9 Å². The SMILES string of the molecule is CC1CC1n1cnnc1Cl. The van der Waals surface area contributed by atoms with Crippen molar-refractivity contribution in [2.24, 2.45) is 5.92 Å². The normalized spacial score (nSPS) is 30.6. The van der Waals surface area contributed by atoms with Gasteiger partial charge in [0.2, 0.25) is 5.28 Å². The van der Waals surface area contributed by atoms with Gasteiger partial charge in [0.15, 0.2) is 0 Å². The number of hydrogen-bond donors (Lipinski definition) is 0. The van der Waals surface area contributed by atoms with E-state index in [1.165, 1.54) is 6.42 Å². The molecule has 0 radical (unpaired) electrons. The van der Waals surface area contributed by atoms with Gasteiger partial charge >= 0.3 is 0 Å². The highest BCUT2D eigenvalue weighted by molar-refractivity contribution is 6.28. The van der Waals surface area contributed by atoms with E-state index in [2.05, 4.69) is 17.1 Å². The summed E-state index contributed by atoms with van der Waals surface area (Å²) < 4.78 is 1.92. The molecule has 3 nitrogen and oxygen atoms in total. The molecule has 2 atom stereocenters. The molecule has 0 spiro atoms. The van der Waals surface area contributed by atoms with Crippen LogP contribution < -0.4 is 0 Å². The first kappa shape index (κ1) is 6.16. The standard InChI is InChI=1S/C6H8ClN3/c1-4-2-5(4)10-3-8-9-6(10)7/h3-5H,2H2,1H3. The zero-order chi connectivity index (χ0) is 7.14. The van der Waals surface area contributed by atoms with Crippen LogP contribution in [0.25, 0.3) is 0 Å². The Hall–Kier alpha value is -0.570. The van der Waals surface area contributed by atoms with Gasteiger partial charge in [-0.2, -0.15) is 0 Å². The van der Waals surface area contributed by atoms with E-state index in [9.17, 15) is 0 Å². The Morgan fingerprint density at radius 3 is 2.90 bits per heavy atom. The van der Waals surface area contributed by atoms with Crippen molar-refractivity contribution in [1.29, 1.82) is 0 Å². The predicted molar refractivity (Wildman–Crippen MR) is 37.9 cm³/mol. The third-order valence-corrected chi connectivity index (χ3v) is 2.22. The summed E-state index contributed by atoms with van der Waals surface area (Å²) in [5, 5.41) is 7.90. The van der Waals surface area contributed by atoms with Crippen LogP contribution >= 0.6 is 11.6 Å². The van der Waals surface area contributed by atoms with E-state index in [1.54, 1.807) is 6.33 Å². The maximum atomic E-state index is 5.73. The molecule has 1 fully saturated rings. The van der Waals surface area contributed by atoms with Gasteiger partial charge in [-0.3, -0.25) is 0 Å². The summed E-state index contributed by atoms with van der Waals surface area (Å²) in [7, 11) is 0. The number of aromatic nitrogens is 3. The molecule has 0 saturated heterocycles. The van der Waals surface area contributed by atoms with Gasteiger partial charge in [-0.15, -0.1) is 10.2 Å². The zero-order valence-corrected chi connectivity index (χ0v) is 6.41. The minimum Gasteiger partial charge on any atom is -0.301 e. The molecule has 0 amide bonds. The van der Waals surface area contributed by atoms with Gasteiger partial charge in [-0.1, -0.05) is 6.92 Å². The van der Waals surface area contributed by atoms with E-state index >= 15 is 0 Å². The highest BCUT2D eigenvalue weighted by Crippen LogP contribution is 2.43. The molecule has 0 bridgehead atoms. The molecule has 1 saturated carbocycles. The molecule has 4 heteroatoms. The Labute approximate surface area is 64.0 Å². The van der Waals surface area contributed by atoms with Crippen LogP contribution in [0.2, 0.25) is 5.28 Å². The van der Waals surface area contributed by atoms with Crippen molar-refractivity contribution in [2.75, 3.05) is 0 Å². The largest absolute Gasteiger partial charge is 0.301 e. The summed E-state index contributed by atoms with van der Waals surface area (Å²) in [4.78, 5) is 0. The number of halogens is 1. The van der Waals surface area contributed by atoms with Crippen molar-refractivity contribution in [3.8, 4) is 0 Å². The molecule has 0 aliphatic heterocycles. The molecule has 2 rings (SSSR count). The van der Waals surface area contributed by atoms with E-state index < -0.39 is 0 Å². The fourth-order valence-corrected chi connectivity index (χ4v) is 1.35. The van der Waals surface area contributed by atoms with Gasteiger partial charge in [0, 0.05) is 6.04 Å². The second-order valence-electron chi connectivity index (χ2n) is 2.79. The maximum absolute atomic E-state index is 5.73. The molecular formula is C6H8ClN3. The lowest BCUT2D eigenvalue weighted by atomic mass is 10.5. The van der Waals surface area contributed by atoms with Crippen LogP contribution in [0.5, 0.6) is 0 Å². The maximum Gasteiger partial charge on any atom is 0.225 e. The van der Waals surface area contributed by atoms with Gasteiger partial charge in [-0.25, -0.2) is 0 Å². The van der Waals surface area contributed by atoms with E-state index in [-0.39, 0.29) is 0 Å². The number of rotatable bonds is 1. The molecule has 54 valence electrons. The Kier molecular flexibility index (Phi) is 1.20. The average Bonchev–Trinajstić information content (AvgIpc) is 2.42. The van der Waals surface area contributed by atoms with E-state index in [1.807, 2.05) is 4.57 Å². The van der Waals surface area contributed by atoms with Crippen LogP contribution in [-0.2, 0) is 0 Å². The highest BCUT2D eigenvalue weighted by atomic mass is 35.5. The molecule has 1 aromatic rings. The monoisotopic (exact) mass is 157 g/mol. The van der Waals surface area contributed by atoms with Crippen molar-refractivity contribution < 1.29 is 0 Å². The van der Waals surface area contributed by atoms with Crippen molar-refractivity contribution in [1.82, 2.24) is 14.8 Å². The molecule has 2 unspecified atom stereocenters. The summed E-state index contributed by atoms with van der Waals surface area (Å²) in [6, 6.07) is 0.558. The van der Waals surface area contributed by atoms with Crippen LogP contribution in [0.1, 0.15) is 19.4 Å². The van der Waals surface area contributed by atoms with Crippen LogP contribution in [-0.4, -0.2) is 14.8 Å². The van der Waals surface area contributed by atoms with Crippen molar-refractivity contribution in [3.63, 3.8) is 0 Å². The summed E-state index contributed by atoms with van der Waals surface area (Å²) in [6.45, 7) is 2.20. The predicted octanol–water partition coefficient (Wildman–Crippen LogP) is 1.51. The van der Waals surface area contributed by atoms with Gasteiger partial charge in [0.25, 0.3) is 0 Å². The smallest absolute Gasteiger partial charge is 0.225 e. The molecular weight excluding hydrogens is 150 g/mol. The Morgan fingerprint density at radius 2 is 2.50 bits per heavy atom. The molecule has 1 aromatic heterocycles. The fourth-order valence-electron chi connectivity index (χ4n) is 1.14. The summed E-state index contributed by atoms with van der Waals surface area (Å²) in [5.74, 6) is 0.744. The molecule has 0 aromatic carbocycles. The minimum atomic E-state index is 0.509. The van der Waals surface area contributed by atoms with Gasteiger partial charge in [0.1, 0.15) is 6.33 Å². The lowest BCUT2D eigenvalue weighted by Crippen LogP contribution is -1.92. The summed E-state index contributed by atoms with van der Waals surface area (Å²) in [6.07, 6.45) is 2.90. The molecule has 0 N–H and O–H groups in total. The number of hydrogen-bond acceptors (Lipinski definition) is 2. The number of nitrogens with zero attached hydrogens (tertiary/aromatic N) is 3. The van der Waals surface area contributed by atoms with E-state index in [0.717, 1.165) is 5.92 Å². The molecule has 1 heterocycles. The first-order chi connectivity index (χ1) is 4.79. The van der Waals surface area contributed by atoms with Gasteiger partial charge in [0.05, 0.1) is 0 Å². The van der Waals surface area contributed by atoms with Crippen molar-refractivity contribution in [2.45, 2.75) is 19.4 Å². The Bertz CT molecular complexity index is 245. The first-order valence-electron chi connectivity index (χ1n) is 3.34. The second kappa shape index (κ2) is 1.95. The topological polar surface area (TPSA) is 30.7 Å². The first-order valence-corrected chi connectivity index (χ1v) is 3.72. The van der Waals surface area contributed by atoms with E-state index in [4.69, 9.17) is 11.6 Å². The minimum absolute atomic E-state index is 0.509. The van der Waals surface area contributed by atoms with E-state index in [0.29, 0.717) is 11.3 Å². The molecule has 1 aliphatic carbocycles. The Balaban J connectivity index is 2.26. The highest BCUT2D eigenvalue weighted by Gasteiger charge is 2.35. The zero-order valence-electron chi connectivity index (χ0n) is 5.66. The van der Waals surface area contributed by atoms with Crippen molar-refractivity contribution in [3.05, 3.63) is 11.6 Å². The van der Waals surface area contributed by atoms with Crippen LogP contribution in [0, 0.1) is 5.92 Å². The summed E-state index contributed by atoms with van der Waals surface area (Å²) >= 11 is 5.73. The van der Waals surface area contributed by atoms with Crippen LogP contribution in [0.4, 0.5) is 0 Å². The molecule has 10 heavy (non-hydrogen) atoms. The average molecular weight is 158 g/mol. The molecule has 1 aliphatic rings. The lowest BCUT2D eigenvalue weighted by molar-refractivity contribution is 0.683. The van der Waals surface area contributed by atoms with Gasteiger partial charge < -0.3 is 4.57 Å². The quantitative estimate of drug-likeness (QED) is 0.619. The summed E-state index contributed by atoms with van der Waals surface area (Å²) in [5.41, 5.74) is 0.